The summed E-state index contributed by atoms with van der Waals surface area (Å²) in [4.78, 5) is 0. The van der Waals surface area contributed by atoms with Gasteiger partial charge < -0.3 is 0 Å². The first-order valence-electron chi connectivity index (χ1n) is 4.46. The highest BCUT2D eigenvalue weighted by atomic mass is 35.5. The molecule has 90 valence electrons. The Morgan fingerprint density at radius 1 is 1.18 bits per heavy atom. The second-order valence-electron chi connectivity index (χ2n) is 3.23. The first-order valence-corrected chi connectivity index (χ1v) is 5.21. The second kappa shape index (κ2) is 4.23. The van der Waals surface area contributed by atoms with Crippen molar-refractivity contribution in [2.45, 2.75) is 6.18 Å². The molecule has 0 saturated heterocycles. The van der Waals surface area contributed by atoms with Crippen molar-refractivity contribution in [3.8, 4) is 5.69 Å². The van der Waals surface area contributed by atoms with E-state index in [0.717, 1.165) is 10.7 Å². The first kappa shape index (κ1) is 12.3. The Morgan fingerprint density at radius 2 is 1.88 bits per heavy atom. The SMILES string of the molecule is FC(F)(F)c1c(Cl)cc(Cl)cc1-n1cccn1. The van der Waals surface area contributed by atoms with Gasteiger partial charge in [0.15, 0.2) is 0 Å². The van der Waals surface area contributed by atoms with Gasteiger partial charge in [-0.05, 0) is 18.2 Å². The topological polar surface area (TPSA) is 17.8 Å². The number of hydrogen-bond donors (Lipinski definition) is 0. The lowest BCUT2D eigenvalue weighted by molar-refractivity contribution is -0.137. The van der Waals surface area contributed by atoms with Gasteiger partial charge in [0.25, 0.3) is 0 Å². The Balaban J connectivity index is 2.73. The van der Waals surface area contributed by atoms with Gasteiger partial charge >= 0.3 is 6.18 Å². The van der Waals surface area contributed by atoms with Crippen LogP contribution in [0.15, 0.2) is 30.6 Å². The number of nitrogens with zero attached hydrogens (tertiary/aromatic N) is 2. The van der Waals surface area contributed by atoms with Crippen molar-refractivity contribution >= 4 is 23.2 Å². The quantitative estimate of drug-likeness (QED) is 0.766. The van der Waals surface area contributed by atoms with E-state index < -0.39 is 16.8 Å². The molecule has 2 nitrogen and oxygen atoms in total. The van der Waals surface area contributed by atoms with Gasteiger partial charge in [-0.2, -0.15) is 18.3 Å². The van der Waals surface area contributed by atoms with Gasteiger partial charge in [-0.1, -0.05) is 23.2 Å². The molecule has 0 aliphatic rings. The number of benzene rings is 1. The monoisotopic (exact) mass is 280 g/mol. The van der Waals surface area contributed by atoms with E-state index in [1.807, 2.05) is 0 Å². The molecule has 1 heterocycles. The van der Waals surface area contributed by atoms with Crippen molar-refractivity contribution in [2.24, 2.45) is 0 Å². The Bertz CT molecular complexity index is 535. The number of aromatic nitrogens is 2. The van der Waals surface area contributed by atoms with Crippen LogP contribution in [0.1, 0.15) is 5.56 Å². The molecule has 0 radical (unpaired) electrons. The Hall–Kier alpha value is -1.20. The van der Waals surface area contributed by atoms with Crippen LogP contribution >= 0.6 is 23.2 Å². The van der Waals surface area contributed by atoms with Crippen LogP contribution < -0.4 is 0 Å². The third-order valence-corrected chi connectivity index (χ3v) is 2.59. The van der Waals surface area contributed by atoms with Crippen LogP contribution in [0, 0.1) is 0 Å². The maximum absolute atomic E-state index is 12.9. The summed E-state index contributed by atoms with van der Waals surface area (Å²) in [5.41, 5.74) is -1.15. The zero-order valence-electron chi connectivity index (χ0n) is 8.17. The van der Waals surface area contributed by atoms with E-state index >= 15 is 0 Å². The maximum atomic E-state index is 12.9. The summed E-state index contributed by atoms with van der Waals surface area (Å²) in [6.07, 6.45) is -1.81. The van der Waals surface area contributed by atoms with Crippen LogP contribution in [0.25, 0.3) is 5.69 Å². The van der Waals surface area contributed by atoms with Crippen molar-refractivity contribution in [3.05, 3.63) is 46.2 Å². The van der Waals surface area contributed by atoms with Crippen molar-refractivity contribution in [3.63, 3.8) is 0 Å². The van der Waals surface area contributed by atoms with Gasteiger partial charge in [0.05, 0.1) is 16.3 Å². The van der Waals surface area contributed by atoms with Crippen molar-refractivity contribution in [2.75, 3.05) is 0 Å². The van der Waals surface area contributed by atoms with Gasteiger partial charge in [-0.25, -0.2) is 4.68 Å². The van der Waals surface area contributed by atoms with Crippen LogP contribution in [-0.2, 0) is 6.18 Å². The number of rotatable bonds is 1. The average molecular weight is 281 g/mol. The predicted molar refractivity (Wildman–Crippen MR) is 58.6 cm³/mol. The summed E-state index contributed by atoms with van der Waals surface area (Å²) in [6, 6.07) is 3.73. The smallest absolute Gasteiger partial charge is 0.240 e. The lowest BCUT2D eigenvalue weighted by Gasteiger charge is -2.14. The lowest BCUT2D eigenvalue weighted by Crippen LogP contribution is -2.12. The highest BCUT2D eigenvalue weighted by Crippen LogP contribution is 2.40. The summed E-state index contributed by atoms with van der Waals surface area (Å²) in [6.45, 7) is 0. The van der Waals surface area contributed by atoms with Gasteiger partial charge in [-0.15, -0.1) is 0 Å². The van der Waals surface area contributed by atoms with E-state index in [1.54, 1.807) is 0 Å². The van der Waals surface area contributed by atoms with Gasteiger partial charge in [-0.3, -0.25) is 0 Å². The Morgan fingerprint density at radius 3 is 2.41 bits per heavy atom. The largest absolute Gasteiger partial charge is 0.419 e. The molecule has 17 heavy (non-hydrogen) atoms. The minimum absolute atomic E-state index is 0.119. The van der Waals surface area contributed by atoms with E-state index in [0.29, 0.717) is 0 Å². The normalized spacial score (nSPS) is 11.8. The van der Waals surface area contributed by atoms with E-state index in [4.69, 9.17) is 23.2 Å². The summed E-state index contributed by atoms with van der Waals surface area (Å²) in [5.74, 6) is 0. The van der Waals surface area contributed by atoms with E-state index in [1.165, 1.54) is 24.5 Å². The van der Waals surface area contributed by atoms with Crippen LogP contribution in [0.5, 0.6) is 0 Å². The molecule has 0 amide bonds. The molecule has 0 bridgehead atoms. The third-order valence-electron chi connectivity index (χ3n) is 2.07. The fourth-order valence-corrected chi connectivity index (χ4v) is 2.02. The number of hydrogen-bond acceptors (Lipinski definition) is 1. The Kier molecular flexibility index (Phi) is 3.05. The standard InChI is InChI=1S/C10H5Cl2F3N2/c11-6-4-7(12)9(10(13,14)15)8(5-6)17-3-1-2-16-17/h1-5H. The molecular weight excluding hydrogens is 276 g/mol. The highest BCUT2D eigenvalue weighted by Gasteiger charge is 2.37. The fraction of sp³-hybridized carbons (Fsp3) is 0.100. The van der Waals surface area contributed by atoms with Crippen LogP contribution in [0.4, 0.5) is 13.2 Å². The zero-order valence-corrected chi connectivity index (χ0v) is 9.68. The molecular formula is C10H5Cl2F3N2. The molecule has 0 aliphatic heterocycles. The summed E-state index contributed by atoms with van der Waals surface area (Å²) in [7, 11) is 0. The number of alkyl halides is 3. The van der Waals surface area contributed by atoms with Crippen LogP contribution in [0.2, 0.25) is 10.0 Å². The molecule has 0 unspecified atom stereocenters. The first-order chi connectivity index (χ1) is 7.89. The van der Waals surface area contributed by atoms with E-state index in [2.05, 4.69) is 5.10 Å². The van der Waals surface area contributed by atoms with Gasteiger partial charge in [0, 0.05) is 17.4 Å². The third kappa shape index (κ3) is 2.40. The molecule has 0 N–H and O–H groups in total. The van der Waals surface area contributed by atoms with Crippen molar-refractivity contribution < 1.29 is 13.2 Å². The minimum atomic E-state index is -4.57. The van der Waals surface area contributed by atoms with Crippen LogP contribution in [0.3, 0.4) is 0 Å². The molecule has 0 fully saturated rings. The zero-order chi connectivity index (χ0) is 12.6. The lowest BCUT2D eigenvalue weighted by atomic mass is 10.1. The van der Waals surface area contributed by atoms with Gasteiger partial charge in [0.1, 0.15) is 0 Å². The highest BCUT2D eigenvalue weighted by molar-refractivity contribution is 6.35. The maximum Gasteiger partial charge on any atom is 0.419 e. The average Bonchev–Trinajstić information content (AvgIpc) is 2.65. The molecule has 2 rings (SSSR count). The fourth-order valence-electron chi connectivity index (χ4n) is 1.43. The molecule has 0 spiro atoms. The molecule has 0 saturated carbocycles. The summed E-state index contributed by atoms with van der Waals surface area (Å²) in [5, 5.41) is 3.41. The second-order valence-corrected chi connectivity index (χ2v) is 4.07. The molecule has 0 aliphatic carbocycles. The molecule has 7 heteroatoms. The molecule has 2 aromatic rings. The summed E-state index contributed by atoms with van der Waals surface area (Å²) >= 11 is 11.3. The molecule has 0 atom stereocenters. The van der Waals surface area contributed by atoms with E-state index in [-0.39, 0.29) is 10.7 Å². The molecule has 1 aromatic carbocycles. The molecule has 1 aromatic heterocycles. The van der Waals surface area contributed by atoms with E-state index in [9.17, 15) is 13.2 Å². The van der Waals surface area contributed by atoms with Gasteiger partial charge in [0.2, 0.25) is 0 Å². The predicted octanol–water partition coefficient (Wildman–Crippen LogP) is 4.20. The van der Waals surface area contributed by atoms with Crippen molar-refractivity contribution in [1.29, 1.82) is 0 Å². The summed E-state index contributed by atoms with van der Waals surface area (Å²) < 4.78 is 39.7. The minimum Gasteiger partial charge on any atom is -0.240 e. The number of halogens is 5. The Labute approximate surface area is 105 Å². The van der Waals surface area contributed by atoms with Crippen LogP contribution in [-0.4, -0.2) is 9.78 Å². The van der Waals surface area contributed by atoms with Crippen molar-refractivity contribution in [1.82, 2.24) is 9.78 Å².